The van der Waals surface area contributed by atoms with E-state index in [1.807, 2.05) is 50.2 Å². The zero-order valence-electron chi connectivity index (χ0n) is 19.1. The van der Waals surface area contributed by atoms with Gasteiger partial charge in [0, 0.05) is 13.1 Å². The zero-order valence-corrected chi connectivity index (χ0v) is 20.6. The molecule has 0 aromatic heterocycles. The summed E-state index contributed by atoms with van der Waals surface area (Å²) < 4.78 is 10.6. The molecule has 0 radical (unpaired) electrons. The van der Waals surface area contributed by atoms with Gasteiger partial charge in [0.15, 0.2) is 11.5 Å². The molecule has 1 heterocycles. The van der Waals surface area contributed by atoms with Crippen molar-refractivity contribution in [3.8, 4) is 11.5 Å². The molecule has 2 aromatic carbocycles. The number of ketones is 1. The summed E-state index contributed by atoms with van der Waals surface area (Å²) in [4.78, 5) is 29.6. The second-order valence-corrected chi connectivity index (χ2v) is 8.78. The smallest absolute Gasteiger partial charge is 0.295 e. The van der Waals surface area contributed by atoms with Gasteiger partial charge in [-0.3, -0.25) is 9.59 Å². The minimum atomic E-state index is -0.789. The lowest BCUT2D eigenvalue weighted by Gasteiger charge is -2.27. The number of ether oxygens (including phenoxy) is 2. The van der Waals surface area contributed by atoms with Gasteiger partial charge in [-0.1, -0.05) is 53.0 Å². The summed E-state index contributed by atoms with van der Waals surface area (Å²) >= 11 is 12.7. The minimum Gasteiger partial charge on any atom is -0.507 e. The Morgan fingerprint density at radius 3 is 2.36 bits per heavy atom. The third kappa shape index (κ3) is 4.67. The first kappa shape index (κ1) is 24.9. The van der Waals surface area contributed by atoms with E-state index in [-0.39, 0.29) is 32.7 Å². The molecule has 33 heavy (non-hydrogen) atoms. The maximum absolute atomic E-state index is 13.2. The van der Waals surface area contributed by atoms with Gasteiger partial charge in [-0.25, -0.2) is 0 Å². The van der Waals surface area contributed by atoms with Crippen LogP contribution in [0, 0.1) is 6.92 Å². The number of carbonyl (C=O) groups is 2. The van der Waals surface area contributed by atoms with E-state index < -0.39 is 23.5 Å². The Hall–Kier alpha value is -2.74. The number of hydrogen-bond donors (Lipinski definition) is 1. The van der Waals surface area contributed by atoms with Crippen molar-refractivity contribution in [2.45, 2.75) is 13.0 Å². The van der Waals surface area contributed by atoms with Crippen LogP contribution < -0.4 is 9.47 Å². The maximum atomic E-state index is 13.2. The van der Waals surface area contributed by atoms with Gasteiger partial charge < -0.3 is 24.4 Å². The number of likely N-dealkylation sites (N-methyl/N-ethyl adjacent to an activating group) is 1. The van der Waals surface area contributed by atoms with Gasteiger partial charge in [0.05, 0.1) is 36.4 Å². The third-order valence-electron chi connectivity index (χ3n) is 5.48. The van der Waals surface area contributed by atoms with Crippen LogP contribution in [0.15, 0.2) is 35.9 Å². The van der Waals surface area contributed by atoms with Crippen LogP contribution in [0.2, 0.25) is 10.0 Å². The van der Waals surface area contributed by atoms with Crippen LogP contribution in [-0.4, -0.2) is 68.0 Å². The maximum Gasteiger partial charge on any atom is 0.295 e. The molecule has 176 valence electrons. The van der Waals surface area contributed by atoms with Crippen LogP contribution in [0.5, 0.6) is 11.5 Å². The predicted octanol–water partition coefficient (Wildman–Crippen LogP) is 4.30. The molecule has 0 spiro atoms. The fourth-order valence-corrected chi connectivity index (χ4v) is 4.58. The monoisotopic (exact) mass is 492 g/mol. The lowest BCUT2D eigenvalue weighted by atomic mass is 9.94. The van der Waals surface area contributed by atoms with Crippen molar-refractivity contribution in [1.29, 1.82) is 0 Å². The lowest BCUT2D eigenvalue weighted by Crippen LogP contribution is -2.35. The second-order valence-electron chi connectivity index (χ2n) is 8.00. The summed E-state index contributed by atoms with van der Waals surface area (Å²) in [6.07, 6.45) is 0. The van der Waals surface area contributed by atoms with Crippen molar-refractivity contribution < 1.29 is 24.2 Å². The largest absolute Gasteiger partial charge is 0.507 e. The number of Topliss-reactive ketones (excluding diaryl/α,β-unsaturated/α-hetero) is 1. The third-order valence-corrected chi connectivity index (χ3v) is 6.10. The standard InChI is InChI=1S/C24H26Cl2N2O5/c1-13-7-6-8-14(11-13)19-17(21(30)24(31)28(19)10-9-27(2)3)20(29)15-12-16(25)23(33-5)18(26)22(15)32-4/h6-8,11-12,19,29H,9-10H2,1-5H3/b20-17+. The van der Waals surface area contributed by atoms with E-state index in [1.165, 1.54) is 25.2 Å². The van der Waals surface area contributed by atoms with Crippen LogP contribution in [0.3, 0.4) is 0 Å². The molecule has 9 heteroatoms. The van der Waals surface area contributed by atoms with Gasteiger partial charge in [-0.05, 0) is 32.6 Å². The molecule has 3 rings (SSSR count). The fourth-order valence-electron chi connectivity index (χ4n) is 3.90. The first-order valence-corrected chi connectivity index (χ1v) is 11.0. The molecule has 1 atom stereocenters. The van der Waals surface area contributed by atoms with E-state index in [2.05, 4.69) is 0 Å². The Kier molecular flexibility index (Phi) is 7.57. The number of methoxy groups -OCH3 is 2. The topological polar surface area (TPSA) is 79.3 Å². The first-order valence-electron chi connectivity index (χ1n) is 10.2. The number of aliphatic hydroxyl groups is 1. The summed E-state index contributed by atoms with van der Waals surface area (Å²) in [7, 11) is 6.54. The summed E-state index contributed by atoms with van der Waals surface area (Å²) in [6.45, 7) is 2.76. The number of hydrogen-bond acceptors (Lipinski definition) is 6. The second kappa shape index (κ2) is 10.0. The lowest BCUT2D eigenvalue weighted by molar-refractivity contribution is -0.140. The molecule has 1 amide bonds. The van der Waals surface area contributed by atoms with E-state index in [1.54, 1.807) is 0 Å². The van der Waals surface area contributed by atoms with Gasteiger partial charge in [-0.15, -0.1) is 0 Å². The molecule has 0 aliphatic carbocycles. The van der Waals surface area contributed by atoms with Crippen LogP contribution in [0.25, 0.3) is 5.76 Å². The Morgan fingerprint density at radius 1 is 1.12 bits per heavy atom. The zero-order chi connectivity index (χ0) is 24.4. The van der Waals surface area contributed by atoms with Gasteiger partial charge in [-0.2, -0.15) is 0 Å². The molecule has 1 aliphatic heterocycles. The molecule has 1 unspecified atom stereocenters. The average Bonchev–Trinajstić information content (AvgIpc) is 3.02. The quantitative estimate of drug-likeness (QED) is 0.352. The minimum absolute atomic E-state index is 0.0444. The van der Waals surface area contributed by atoms with E-state index >= 15 is 0 Å². The molecule has 1 N–H and O–H groups in total. The molecule has 7 nitrogen and oxygen atoms in total. The van der Waals surface area contributed by atoms with E-state index in [4.69, 9.17) is 32.7 Å². The molecular formula is C24H26Cl2N2O5. The highest BCUT2D eigenvalue weighted by molar-refractivity contribution is 6.47. The Bertz CT molecular complexity index is 1130. The molecule has 1 fully saturated rings. The van der Waals surface area contributed by atoms with Crippen molar-refractivity contribution >= 4 is 40.7 Å². The van der Waals surface area contributed by atoms with Crippen molar-refractivity contribution in [3.63, 3.8) is 0 Å². The molecule has 1 saturated heterocycles. The average molecular weight is 493 g/mol. The van der Waals surface area contributed by atoms with Gasteiger partial charge in [0.2, 0.25) is 0 Å². The van der Waals surface area contributed by atoms with Crippen LogP contribution in [-0.2, 0) is 9.59 Å². The fraction of sp³-hybridized carbons (Fsp3) is 0.333. The van der Waals surface area contributed by atoms with Crippen molar-refractivity contribution in [1.82, 2.24) is 9.80 Å². The summed E-state index contributed by atoms with van der Waals surface area (Å²) in [5.41, 5.74) is 1.70. The van der Waals surface area contributed by atoms with Crippen LogP contribution in [0.1, 0.15) is 22.7 Å². The Morgan fingerprint density at radius 2 is 1.79 bits per heavy atom. The highest BCUT2D eigenvalue weighted by Crippen LogP contribution is 2.47. The molecular weight excluding hydrogens is 467 g/mol. The van der Waals surface area contributed by atoms with Gasteiger partial charge in [0.1, 0.15) is 10.8 Å². The predicted molar refractivity (Wildman–Crippen MR) is 128 cm³/mol. The molecule has 0 saturated carbocycles. The van der Waals surface area contributed by atoms with Crippen LogP contribution >= 0.6 is 23.2 Å². The normalized spacial score (nSPS) is 17.7. The Balaban J connectivity index is 2.28. The van der Waals surface area contributed by atoms with Crippen molar-refractivity contribution in [2.24, 2.45) is 0 Å². The van der Waals surface area contributed by atoms with Gasteiger partial charge >= 0.3 is 0 Å². The summed E-state index contributed by atoms with van der Waals surface area (Å²) in [6, 6.07) is 8.10. The molecule has 1 aliphatic rings. The first-order chi connectivity index (χ1) is 15.6. The number of halogens is 2. The highest BCUT2D eigenvalue weighted by atomic mass is 35.5. The highest BCUT2D eigenvalue weighted by Gasteiger charge is 2.46. The van der Waals surface area contributed by atoms with Crippen LogP contribution in [0.4, 0.5) is 0 Å². The number of aliphatic hydroxyl groups excluding tert-OH is 1. The SMILES string of the molecule is COc1c(Cl)cc(/C(O)=C2\C(=O)C(=O)N(CCN(C)C)C2c2cccc(C)c2)c(OC)c1Cl. The number of likely N-dealkylation sites (tertiary alicyclic amines) is 1. The van der Waals surface area contributed by atoms with Crippen molar-refractivity contribution in [3.05, 3.63) is 62.6 Å². The van der Waals surface area contributed by atoms with E-state index in [0.29, 0.717) is 18.7 Å². The number of rotatable bonds is 7. The number of benzene rings is 2. The summed E-state index contributed by atoms with van der Waals surface area (Å²) in [5, 5.41) is 11.5. The number of amides is 1. The summed E-state index contributed by atoms with van der Waals surface area (Å²) in [5.74, 6) is -1.64. The number of nitrogens with zero attached hydrogens (tertiary/aromatic N) is 2. The molecule has 2 aromatic rings. The Labute approximate surface area is 203 Å². The van der Waals surface area contributed by atoms with Gasteiger partial charge in [0.25, 0.3) is 11.7 Å². The van der Waals surface area contributed by atoms with Crippen molar-refractivity contribution in [2.75, 3.05) is 41.4 Å². The number of carbonyl (C=O) groups excluding carboxylic acids is 2. The number of aryl methyl sites for hydroxylation is 1. The molecule has 0 bridgehead atoms. The van der Waals surface area contributed by atoms with E-state index in [0.717, 1.165) is 5.56 Å². The van der Waals surface area contributed by atoms with E-state index in [9.17, 15) is 14.7 Å².